The molecule has 0 spiro atoms. The second-order valence-electron chi connectivity index (χ2n) is 4.17. The fourth-order valence-electron chi connectivity index (χ4n) is 1.28. The Labute approximate surface area is 87.8 Å². The second kappa shape index (κ2) is 7.21. The highest BCUT2D eigenvalue weighted by molar-refractivity contribution is 4.76. The molecule has 0 aliphatic carbocycles. The fourth-order valence-corrected chi connectivity index (χ4v) is 1.28. The zero-order chi connectivity index (χ0) is 11.0. The molecule has 2 unspecified atom stereocenters. The van der Waals surface area contributed by atoms with Crippen LogP contribution in [0, 0.1) is 0 Å². The van der Waals surface area contributed by atoms with Crippen LogP contribution >= 0.6 is 0 Å². The predicted octanol–water partition coefficient (Wildman–Crippen LogP) is 1.55. The Bertz CT molecular complexity index is 131. The molecule has 86 valence electrons. The van der Waals surface area contributed by atoms with E-state index in [4.69, 9.17) is 4.74 Å². The summed E-state index contributed by atoms with van der Waals surface area (Å²) in [5, 5.41) is 13.1. The lowest BCUT2D eigenvalue weighted by atomic mass is 10.0. The summed E-state index contributed by atoms with van der Waals surface area (Å²) in [4.78, 5) is 0. The highest BCUT2D eigenvalue weighted by atomic mass is 16.5. The molecule has 0 aromatic heterocycles. The van der Waals surface area contributed by atoms with Crippen LogP contribution in [-0.4, -0.2) is 37.0 Å². The molecule has 0 aromatic carbocycles. The van der Waals surface area contributed by atoms with Crippen LogP contribution in [0.1, 0.15) is 40.0 Å². The van der Waals surface area contributed by atoms with Crippen molar-refractivity contribution in [3.05, 3.63) is 0 Å². The molecule has 0 fully saturated rings. The van der Waals surface area contributed by atoms with Crippen molar-refractivity contribution in [3.8, 4) is 0 Å². The summed E-state index contributed by atoms with van der Waals surface area (Å²) >= 11 is 0. The molecule has 0 amide bonds. The molecule has 0 radical (unpaired) electrons. The molecule has 14 heavy (non-hydrogen) atoms. The van der Waals surface area contributed by atoms with Gasteiger partial charge in [0.15, 0.2) is 0 Å². The Morgan fingerprint density at radius 1 is 1.43 bits per heavy atom. The van der Waals surface area contributed by atoms with Crippen LogP contribution in [0.3, 0.4) is 0 Å². The lowest BCUT2D eigenvalue weighted by molar-refractivity contribution is 0.0475. The lowest BCUT2D eigenvalue weighted by Gasteiger charge is -2.25. The van der Waals surface area contributed by atoms with E-state index in [1.807, 2.05) is 13.8 Å². The van der Waals surface area contributed by atoms with Crippen molar-refractivity contribution in [1.82, 2.24) is 5.32 Å². The van der Waals surface area contributed by atoms with Gasteiger partial charge in [-0.25, -0.2) is 0 Å². The maximum absolute atomic E-state index is 9.81. The van der Waals surface area contributed by atoms with E-state index < -0.39 is 5.60 Å². The van der Waals surface area contributed by atoms with Crippen molar-refractivity contribution in [2.75, 3.05) is 20.3 Å². The first-order chi connectivity index (χ1) is 6.55. The highest BCUT2D eigenvalue weighted by Gasteiger charge is 2.18. The zero-order valence-corrected chi connectivity index (χ0v) is 9.97. The Morgan fingerprint density at radius 3 is 2.50 bits per heavy atom. The van der Waals surface area contributed by atoms with Crippen molar-refractivity contribution in [2.45, 2.75) is 51.7 Å². The van der Waals surface area contributed by atoms with E-state index in [9.17, 15) is 5.11 Å². The molecule has 2 N–H and O–H groups in total. The summed E-state index contributed by atoms with van der Waals surface area (Å²) < 4.78 is 5.11. The maximum Gasteiger partial charge on any atom is 0.0741 e. The van der Waals surface area contributed by atoms with Crippen LogP contribution in [0.4, 0.5) is 0 Å². The summed E-state index contributed by atoms with van der Waals surface area (Å²) in [5.41, 5.74) is -0.597. The summed E-state index contributed by atoms with van der Waals surface area (Å²) in [6.45, 7) is 7.36. The van der Waals surface area contributed by atoms with E-state index in [0.29, 0.717) is 19.2 Å². The van der Waals surface area contributed by atoms with E-state index in [1.165, 1.54) is 0 Å². The van der Waals surface area contributed by atoms with Crippen LogP contribution < -0.4 is 5.32 Å². The third-order valence-electron chi connectivity index (χ3n) is 2.54. The monoisotopic (exact) mass is 203 g/mol. The Balaban J connectivity index is 3.80. The first kappa shape index (κ1) is 13.9. The van der Waals surface area contributed by atoms with Gasteiger partial charge in [-0.1, -0.05) is 20.3 Å². The minimum absolute atomic E-state index is 0.364. The van der Waals surface area contributed by atoms with Gasteiger partial charge in [0.1, 0.15) is 0 Å². The summed E-state index contributed by atoms with van der Waals surface area (Å²) in [7, 11) is 1.71. The number of rotatable bonds is 8. The first-order valence-electron chi connectivity index (χ1n) is 5.50. The number of nitrogens with one attached hydrogen (secondary N) is 1. The summed E-state index contributed by atoms with van der Waals surface area (Å²) in [6.07, 6.45) is 2.99. The van der Waals surface area contributed by atoms with Gasteiger partial charge < -0.3 is 15.2 Å². The molecule has 0 heterocycles. The van der Waals surface area contributed by atoms with Gasteiger partial charge in [0.2, 0.25) is 0 Å². The minimum atomic E-state index is -0.597. The number of methoxy groups -OCH3 is 1. The van der Waals surface area contributed by atoms with Crippen LogP contribution in [0.25, 0.3) is 0 Å². The molecule has 0 bridgehead atoms. The number of hydrogen-bond acceptors (Lipinski definition) is 3. The molecular formula is C11H25NO2. The largest absolute Gasteiger partial charge is 0.389 e. The topological polar surface area (TPSA) is 41.5 Å². The second-order valence-corrected chi connectivity index (χ2v) is 4.17. The van der Waals surface area contributed by atoms with Gasteiger partial charge >= 0.3 is 0 Å². The molecule has 0 saturated heterocycles. The van der Waals surface area contributed by atoms with Gasteiger partial charge in [0.05, 0.1) is 12.2 Å². The van der Waals surface area contributed by atoms with Gasteiger partial charge in [-0.3, -0.25) is 0 Å². The van der Waals surface area contributed by atoms with Gasteiger partial charge in [-0.15, -0.1) is 0 Å². The van der Waals surface area contributed by atoms with Crippen molar-refractivity contribution in [1.29, 1.82) is 0 Å². The zero-order valence-electron chi connectivity index (χ0n) is 9.97. The smallest absolute Gasteiger partial charge is 0.0741 e. The quantitative estimate of drug-likeness (QED) is 0.629. The number of hydrogen-bond donors (Lipinski definition) is 2. The molecule has 0 aliphatic heterocycles. The van der Waals surface area contributed by atoms with Crippen LogP contribution in [0.2, 0.25) is 0 Å². The number of ether oxygens (including phenoxy) is 1. The van der Waals surface area contributed by atoms with E-state index in [-0.39, 0.29) is 0 Å². The summed E-state index contributed by atoms with van der Waals surface area (Å²) in [6, 6.07) is 0.364. The number of aliphatic hydroxyl groups is 1. The minimum Gasteiger partial charge on any atom is -0.389 e. The van der Waals surface area contributed by atoms with Crippen LogP contribution in [-0.2, 0) is 4.74 Å². The summed E-state index contributed by atoms with van der Waals surface area (Å²) in [5.74, 6) is 0. The Hall–Kier alpha value is -0.120. The van der Waals surface area contributed by atoms with Crippen LogP contribution in [0.5, 0.6) is 0 Å². The van der Waals surface area contributed by atoms with Gasteiger partial charge in [-0.2, -0.15) is 0 Å². The van der Waals surface area contributed by atoms with Crippen molar-refractivity contribution < 1.29 is 9.84 Å². The maximum atomic E-state index is 9.81. The van der Waals surface area contributed by atoms with Crippen molar-refractivity contribution in [2.24, 2.45) is 0 Å². The molecular weight excluding hydrogens is 178 g/mol. The molecule has 0 rings (SSSR count). The standard InChI is InChI=1S/C11H25NO2/c1-5-7-10(8-14-4)12-9-11(3,13)6-2/h10,12-13H,5-9H2,1-4H3. The highest BCUT2D eigenvalue weighted by Crippen LogP contribution is 2.07. The Morgan fingerprint density at radius 2 is 2.07 bits per heavy atom. The average Bonchev–Trinajstić information content (AvgIpc) is 2.15. The fraction of sp³-hybridized carbons (Fsp3) is 1.00. The predicted molar refractivity (Wildman–Crippen MR) is 59.5 cm³/mol. The molecule has 0 aliphatic rings. The molecule has 3 nitrogen and oxygen atoms in total. The van der Waals surface area contributed by atoms with Gasteiger partial charge in [-0.05, 0) is 19.8 Å². The van der Waals surface area contributed by atoms with Crippen molar-refractivity contribution in [3.63, 3.8) is 0 Å². The van der Waals surface area contributed by atoms with Crippen LogP contribution in [0.15, 0.2) is 0 Å². The average molecular weight is 203 g/mol. The molecule has 2 atom stereocenters. The Kier molecular flexibility index (Phi) is 7.15. The third-order valence-corrected chi connectivity index (χ3v) is 2.54. The SMILES string of the molecule is CCCC(COC)NCC(C)(O)CC. The van der Waals surface area contributed by atoms with E-state index >= 15 is 0 Å². The van der Waals surface area contributed by atoms with E-state index in [0.717, 1.165) is 19.3 Å². The third kappa shape index (κ3) is 6.35. The lowest BCUT2D eigenvalue weighted by Crippen LogP contribution is -2.43. The molecule has 3 heteroatoms. The molecule has 0 saturated carbocycles. The van der Waals surface area contributed by atoms with E-state index in [2.05, 4.69) is 12.2 Å². The van der Waals surface area contributed by atoms with E-state index in [1.54, 1.807) is 7.11 Å². The van der Waals surface area contributed by atoms with Crippen molar-refractivity contribution >= 4 is 0 Å². The normalized spacial score (nSPS) is 17.8. The molecule has 0 aromatic rings. The van der Waals surface area contributed by atoms with Gasteiger partial charge in [0, 0.05) is 19.7 Å². The first-order valence-corrected chi connectivity index (χ1v) is 5.50. The van der Waals surface area contributed by atoms with Gasteiger partial charge in [0.25, 0.3) is 0 Å².